The third-order valence-electron chi connectivity index (χ3n) is 12.1. The van der Waals surface area contributed by atoms with Gasteiger partial charge < -0.3 is 28.9 Å². The van der Waals surface area contributed by atoms with Crippen molar-refractivity contribution in [2.45, 2.75) is 62.6 Å². The number of urea groups is 1. The maximum atomic E-state index is 14.6. The smallest absolute Gasteiger partial charge is 0.410 e. The van der Waals surface area contributed by atoms with Crippen LogP contribution in [0.15, 0.2) is 52.9 Å². The Kier molecular flexibility index (Phi) is 9.42. The molecule has 2 spiro atoms. The van der Waals surface area contributed by atoms with E-state index >= 15 is 0 Å². The summed E-state index contributed by atoms with van der Waals surface area (Å²) in [4.78, 5) is 44.8. The first kappa shape index (κ1) is 36.2. The van der Waals surface area contributed by atoms with Crippen LogP contribution in [0.25, 0.3) is 0 Å². The van der Waals surface area contributed by atoms with Crippen LogP contribution < -0.4 is 14.4 Å². The van der Waals surface area contributed by atoms with Gasteiger partial charge >= 0.3 is 12.1 Å². The predicted octanol–water partition coefficient (Wildman–Crippen LogP) is 5.82. The number of nitrogens with one attached hydrogen (secondary N) is 1. The van der Waals surface area contributed by atoms with Crippen molar-refractivity contribution in [3.8, 4) is 5.75 Å². The average Bonchev–Trinajstić information content (AvgIpc) is 3.31. The quantitative estimate of drug-likeness (QED) is 0.379. The van der Waals surface area contributed by atoms with Gasteiger partial charge in [0.25, 0.3) is 5.91 Å². The molecule has 0 radical (unpaired) electrons. The van der Waals surface area contributed by atoms with Gasteiger partial charge in [0.15, 0.2) is 5.60 Å². The van der Waals surface area contributed by atoms with Crippen LogP contribution in [0.2, 0.25) is 5.02 Å². The lowest BCUT2D eigenvalue weighted by Crippen LogP contribution is -2.67. The van der Waals surface area contributed by atoms with Gasteiger partial charge in [-0.15, -0.1) is 4.36 Å². The van der Waals surface area contributed by atoms with Crippen LogP contribution >= 0.6 is 11.6 Å². The van der Waals surface area contributed by atoms with Crippen LogP contribution in [-0.4, -0.2) is 103 Å². The third-order valence-corrected chi connectivity index (χ3v) is 14.4. The van der Waals surface area contributed by atoms with Crippen molar-refractivity contribution < 1.29 is 32.8 Å². The second-order valence-electron chi connectivity index (χ2n) is 16.1. The average molecular weight is 766 g/mol. The highest BCUT2D eigenvalue weighted by atomic mass is 35.5. The Bertz CT molecular complexity index is 1980. The molecule has 4 aliphatic heterocycles. The molecule has 284 valence electrons. The number of likely N-dealkylation sites (tertiary alicyclic amines) is 1. The van der Waals surface area contributed by atoms with Crippen molar-refractivity contribution in [2.24, 2.45) is 22.1 Å². The lowest BCUT2D eigenvalue weighted by molar-refractivity contribution is -0.0504. The largest absolute Gasteiger partial charge is 0.490 e. The fourth-order valence-corrected chi connectivity index (χ4v) is 11.4. The Morgan fingerprint density at radius 1 is 1.11 bits per heavy atom. The minimum atomic E-state index is -3.57. The minimum Gasteiger partial charge on any atom is -0.490 e. The van der Waals surface area contributed by atoms with E-state index < -0.39 is 33.5 Å². The molecule has 0 aromatic heterocycles. The second-order valence-corrected chi connectivity index (χ2v) is 18.6. The standard InChI is InChI=1S/C39H48ClN5O7S/c1-25-6-4-8-33(50-3)30-12-9-28(30)18-44-20-38(15-5-7-26-16-29(40)11-13-31(26)38)24-51-34-14-10-27(17-32(34)44)35(46)41-53(49,19-25)42-36(47)45-22-39(23-45)21-43(2)37(48)52-39/h4,8,10-11,13-14,16-17,25,28,30,33H,5-7,9,12,15,18-24H2,1-3H3,(H,41,42,46,47,49)/b8-4-/t25-,28-,30+,33-,38-,53?/m0/s1. The molecule has 2 saturated heterocycles. The molecule has 2 bridgehead atoms. The molecule has 6 aliphatic rings. The van der Waals surface area contributed by atoms with E-state index in [-0.39, 0.29) is 41.8 Å². The molecule has 1 unspecified atom stereocenters. The molecule has 2 aromatic rings. The van der Waals surface area contributed by atoms with E-state index in [0.717, 1.165) is 49.4 Å². The Balaban J connectivity index is 1.14. The zero-order valence-corrected chi connectivity index (χ0v) is 32.1. The summed E-state index contributed by atoms with van der Waals surface area (Å²) >= 11 is 6.46. The number of carbonyl (C=O) groups excluding carboxylic acids is 3. The molecule has 6 atom stereocenters. The van der Waals surface area contributed by atoms with Crippen molar-refractivity contribution >= 4 is 45.2 Å². The normalized spacial score (nSPS) is 32.6. The molecular formula is C39H48ClN5O7S. The molecule has 1 saturated carbocycles. The van der Waals surface area contributed by atoms with Gasteiger partial charge in [0.1, 0.15) is 15.7 Å². The number of ether oxygens (including phenoxy) is 3. The Hall–Kier alpha value is -3.81. The SMILES string of the molecule is CO[C@H]1/C=C\C[C@H](C)CS(=O)(NC(=O)N2CC3(CN(C)C(=O)O3)C2)=NC(=O)c2ccc3c(c2)N(C[C@@H]2CC[C@H]21)C[C@@]1(CCCc2cc(Cl)ccc21)CO3. The van der Waals surface area contributed by atoms with Crippen molar-refractivity contribution in [1.82, 2.24) is 14.5 Å². The molecule has 2 aliphatic carbocycles. The van der Waals surface area contributed by atoms with Crippen molar-refractivity contribution in [1.29, 1.82) is 0 Å². The van der Waals surface area contributed by atoms with Crippen LogP contribution in [0.3, 0.4) is 0 Å². The number of methoxy groups -OCH3 is 1. The lowest BCUT2D eigenvalue weighted by Gasteiger charge is -2.46. The summed E-state index contributed by atoms with van der Waals surface area (Å²) in [6.45, 7) is 4.58. The molecule has 8 rings (SSSR count). The summed E-state index contributed by atoms with van der Waals surface area (Å²) in [5.41, 5.74) is 2.54. The number of nitrogens with zero attached hydrogens (tertiary/aromatic N) is 4. The first-order valence-corrected chi connectivity index (χ1v) is 20.7. The lowest BCUT2D eigenvalue weighted by atomic mass is 9.68. The number of amides is 4. The highest BCUT2D eigenvalue weighted by Crippen LogP contribution is 2.47. The number of fused-ring (bicyclic) bond motifs is 4. The number of benzene rings is 2. The van der Waals surface area contributed by atoms with Crippen LogP contribution in [0.1, 0.15) is 60.5 Å². The van der Waals surface area contributed by atoms with Gasteiger partial charge in [-0.2, -0.15) is 0 Å². The Morgan fingerprint density at radius 3 is 2.68 bits per heavy atom. The van der Waals surface area contributed by atoms with Crippen LogP contribution in [-0.2, 0) is 31.2 Å². The van der Waals surface area contributed by atoms with Crippen LogP contribution in [0.5, 0.6) is 5.75 Å². The monoisotopic (exact) mass is 765 g/mol. The molecule has 2 aromatic carbocycles. The van der Waals surface area contributed by atoms with Crippen molar-refractivity contribution in [3.63, 3.8) is 0 Å². The molecule has 1 N–H and O–H groups in total. The van der Waals surface area contributed by atoms with Gasteiger partial charge in [-0.1, -0.05) is 36.7 Å². The van der Waals surface area contributed by atoms with Gasteiger partial charge in [-0.25, -0.2) is 13.8 Å². The van der Waals surface area contributed by atoms with Crippen LogP contribution in [0, 0.1) is 17.8 Å². The van der Waals surface area contributed by atoms with E-state index in [0.29, 0.717) is 43.7 Å². The topological polar surface area (TPSA) is 130 Å². The van der Waals surface area contributed by atoms with Gasteiger partial charge in [0.2, 0.25) is 0 Å². The summed E-state index contributed by atoms with van der Waals surface area (Å²) in [7, 11) is -0.176. The van der Waals surface area contributed by atoms with Crippen LogP contribution in [0.4, 0.5) is 15.3 Å². The predicted molar refractivity (Wildman–Crippen MR) is 202 cm³/mol. The molecule has 4 amide bonds. The number of hydrogen-bond acceptors (Lipinski definition) is 8. The Labute approximate surface area is 316 Å². The van der Waals surface area contributed by atoms with E-state index in [1.807, 2.05) is 25.1 Å². The number of rotatable bonds is 2. The summed E-state index contributed by atoms with van der Waals surface area (Å²) in [5, 5.41) is 0.731. The zero-order valence-electron chi connectivity index (χ0n) is 30.6. The van der Waals surface area contributed by atoms with E-state index in [2.05, 4.69) is 38.3 Å². The summed E-state index contributed by atoms with van der Waals surface area (Å²) in [5.74, 6) is 0.511. The summed E-state index contributed by atoms with van der Waals surface area (Å²) in [6, 6.07) is 10.9. The number of allylic oxidation sites excluding steroid dienone is 1. The zero-order chi connectivity index (χ0) is 37.1. The minimum absolute atomic E-state index is 0.0264. The van der Waals surface area contributed by atoms with Gasteiger partial charge in [0.05, 0.1) is 43.8 Å². The maximum Gasteiger partial charge on any atom is 0.410 e. The molecule has 4 heterocycles. The fourth-order valence-electron chi connectivity index (χ4n) is 9.32. The molecule has 53 heavy (non-hydrogen) atoms. The number of carbonyl (C=O) groups is 3. The summed E-state index contributed by atoms with van der Waals surface area (Å²) in [6.07, 6.45) is 9.30. The second kappa shape index (κ2) is 13.8. The van der Waals surface area contributed by atoms with Gasteiger partial charge in [-0.05, 0) is 97.7 Å². The maximum absolute atomic E-state index is 14.6. The number of halogens is 1. The summed E-state index contributed by atoms with van der Waals surface area (Å²) < 4.78 is 39.7. The molecule has 3 fully saturated rings. The first-order valence-electron chi connectivity index (χ1n) is 18.7. The highest BCUT2D eigenvalue weighted by molar-refractivity contribution is 7.92. The van der Waals surface area contributed by atoms with Gasteiger partial charge in [0, 0.05) is 43.2 Å². The fraction of sp³-hybridized carbons (Fsp3) is 0.564. The van der Waals surface area contributed by atoms with Crippen molar-refractivity contribution in [3.05, 3.63) is 70.3 Å². The number of hydrogen-bond donors (Lipinski definition) is 1. The molecular weight excluding hydrogens is 718 g/mol. The highest BCUT2D eigenvalue weighted by Gasteiger charge is 2.54. The van der Waals surface area contributed by atoms with E-state index in [1.54, 1.807) is 20.2 Å². The van der Waals surface area contributed by atoms with E-state index in [9.17, 15) is 18.6 Å². The van der Waals surface area contributed by atoms with Gasteiger partial charge in [-0.3, -0.25) is 9.52 Å². The number of anilines is 1. The third kappa shape index (κ3) is 6.89. The Morgan fingerprint density at radius 2 is 1.94 bits per heavy atom. The molecule has 14 heteroatoms. The first-order chi connectivity index (χ1) is 25.4. The van der Waals surface area contributed by atoms with Crippen molar-refractivity contribution in [2.75, 3.05) is 64.1 Å². The molecule has 12 nitrogen and oxygen atoms in total. The van der Waals surface area contributed by atoms with E-state index in [4.69, 9.17) is 25.8 Å². The number of likely N-dealkylation sites (N-methyl/N-ethyl adjacent to an activating group) is 1. The van der Waals surface area contributed by atoms with E-state index in [1.165, 1.54) is 20.9 Å². The number of aryl methyl sites for hydroxylation is 1.